The summed E-state index contributed by atoms with van der Waals surface area (Å²) in [6.45, 7) is 15.0. The van der Waals surface area contributed by atoms with E-state index in [1.165, 1.54) is 12.8 Å². The summed E-state index contributed by atoms with van der Waals surface area (Å²) >= 11 is 0. The maximum atomic E-state index is 5.72. The van der Waals surface area contributed by atoms with Crippen LogP contribution in [0.5, 0.6) is 0 Å². The van der Waals surface area contributed by atoms with Gasteiger partial charge in [0.05, 0.1) is 6.10 Å². The molecule has 1 heterocycles. The van der Waals surface area contributed by atoms with Crippen molar-refractivity contribution in [1.29, 1.82) is 0 Å². The highest BCUT2D eigenvalue weighted by Gasteiger charge is 2.47. The van der Waals surface area contributed by atoms with Crippen LogP contribution in [0.1, 0.15) is 54.4 Å². The van der Waals surface area contributed by atoms with Gasteiger partial charge in [-0.15, -0.1) is 0 Å². The molecule has 0 saturated carbocycles. The summed E-state index contributed by atoms with van der Waals surface area (Å²) < 4.78 is 5.72. The van der Waals surface area contributed by atoms with E-state index in [0.29, 0.717) is 16.9 Å². The third kappa shape index (κ3) is 2.13. The zero-order valence-corrected chi connectivity index (χ0v) is 10.7. The van der Waals surface area contributed by atoms with Crippen LogP contribution in [0.3, 0.4) is 0 Å². The van der Waals surface area contributed by atoms with Crippen LogP contribution in [0.25, 0.3) is 0 Å². The van der Waals surface area contributed by atoms with E-state index >= 15 is 0 Å². The standard InChI is InChI=1S/C13H26O/c1-10(2)9-13(6,12(3,4)5)11-7-8-14-11/h10-11H,7-9H2,1-6H3. The molecular weight excluding hydrogens is 172 g/mol. The van der Waals surface area contributed by atoms with Gasteiger partial charge >= 0.3 is 0 Å². The lowest BCUT2D eigenvalue weighted by Gasteiger charge is -2.51. The van der Waals surface area contributed by atoms with Crippen molar-refractivity contribution in [3.05, 3.63) is 0 Å². The molecule has 1 aliphatic heterocycles. The van der Waals surface area contributed by atoms with Crippen LogP contribution in [0.15, 0.2) is 0 Å². The van der Waals surface area contributed by atoms with Crippen molar-refractivity contribution >= 4 is 0 Å². The van der Waals surface area contributed by atoms with Gasteiger partial charge in [-0.3, -0.25) is 0 Å². The number of rotatable bonds is 3. The van der Waals surface area contributed by atoms with Gasteiger partial charge in [-0.2, -0.15) is 0 Å². The zero-order chi connectivity index (χ0) is 11.0. The predicted molar refractivity (Wildman–Crippen MR) is 61.4 cm³/mol. The van der Waals surface area contributed by atoms with Gasteiger partial charge in [0, 0.05) is 6.61 Å². The molecule has 1 saturated heterocycles. The zero-order valence-electron chi connectivity index (χ0n) is 10.7. The van der Waals surface area contributed by atoms with E-state index in [1.54, 1.807) is 0 Å². The molecule has 0 aromatic carbocycles. The largest absolute Gasteiger partial charge is 0.377 e. The summed E-state index contributed by atoms with van der Waals surface area (Å²) in [6.07, 6.45) is 3.01. The molecule has 1 nitrogen and oxygen atoms in total. The van der Waals surface area contributed by atoms with Crippen molar-refractivity contribution in [2.75, 3.05) is 6.61 Å². The Bertz CT molecular complexity index is 186. The summed E-state index contributed by atoms with van der Waals surface area (Å²) in [5.41, 5.74) is 0.668. The minimum absolute atomic E-state index is 0.333. The van der Waals surface area contributed by atoms with E-state index in [0.717, 1.165) is 12.5 Å². The third-order valence-electron chi connectivity index (χ3n) is 3.96. The number of hydrogen-bond acceptors (Lipinski definition) is 1. The van der Waals surface area contributed by atoms with Crippen molar-refractivity contribution in [2.45, 2.75) is 60.5 Å². The lowest BCUT2D eigenvalue weighted by Crippen LogP contribution is -2.50. The van der Waals surface area contributed by atoms with E-state index in [-0.39, 0.29) is 0 Å². The molecule has 0 spiro atoms. The highest BCUT2D eigenvalue weighted by atomic mass is 16.5. The minimum atomic E-state index is 0.333. The molecule has 2 atom stereocenters. The first kappa shape index (κ1) is 12.0. The molecule has 0 amide bonds. The predicted octanol–water partition coefficient (Wildman–Crippen LogP) is 3.87. The summed E-state index contributed by atoms with van der Waals surface area (Å²) in [5.74, 6) is 0.753. The van der Waals surface area contributed by atoms with Crippen LogP contribution in [-0.2, 0) is 4.74 Å². The van der Waals surface area contributed by atoms with E-state index in [1.807, 2.05) is 0 Å². The molecule has 1 rings (SSSR count). The molecular formula is C13H26O. The fourth-order valence-electron chi connectivity index (χ4n) is 2.51. The fraction of sp³-hybridized carbons (Fsp3) is 1.00. The van der Waals surface area contributed by atoms with Gasteiger partial charge in [0.15, 0.2) is 0 Å². The molecule has 1 heteroatoms. The van der Waals surface area contributed by atoms with Gasteiger partial charge < -0.3 is 4.74 Å². The Morgan fingerprint density at radius 1 is 1.21 bits per heavy atom. The smallest absolute Gasteiger partial charge is 0.0655 e. The molecule has 0 aromatic rings. The molecule has 0 N–H and O–H groups in total. The van der Waals surface area contributed by atoms with E-state index in [4.69, 9.17) is 4.74 Å². The molecule has 0 radical (unpaired) electrons. The second-order valence-corrected chi connectivity index (χ2v) is 6.41. The lowest BCUT2D eigenvalue weighted by molar-refractivity contribution is -0.164. The van der Waals surface area contributed by atoms with Crippen molar-refractivity contribution in [2.24, 2.45) is 16.7 Å². The normalized spacial score (nSPS) is 27.2. The van der Waals surface area contributed by atoms with E-state index < -0.39 is 0 Å². The van der Waals surface area contributed by atoms with Crippen LogP contribution in [-0.4, -0.2) is 12.7 Å². The molecule has 2 unspecified atom stereocenters. The van der Waals surface area contributed by atoms with E-state index in [9.17, 15) is 0 Å². The molecule has 0 aliphatic carbocycles. The number of ether oxygens (including phenoxy) is 1. The molecule has 1 fully saturated rings. The first-order valence-corrected chi connectivity index (χ1v) is 5.89. The Kier molecular flexibility index (Phi) is 3.30. The van der Waals surface area contributed by atoms with Gasteiger partial charge in [0.2, 0.25) is 0 Å². The summed E-state index contributed by atoms with van der Waals surface area (Å²) in [4.78, 5) is 0. The Morgan fingerprint density at radius 3 is 1.93 bits per heavy atom. The van der Waals surface area contributed by atoms with Gasteiger partial charge in [-0.1, -0.05) is 41.5 Å². The topological polar surface area (TPSA) is 9.23 Å². The summed E-state index contributed by atoms with van der Waals surface area (Å²) in [6, 6.07) is 0. The maximum Gasteiger partial charge on any atom is 0.0655 e. The minimum Gasteiger partial charge on any atom is -0.377 e. The Morgan fingerprint density at radius 2 is 1.71 bits per heavy atom. The van der Waals surface area contributed by atoms with Crippen LogP contribution in [0, 0.1) is 16.7 Å². The quantitative estimate of drug-likeness (QED) is 0.669. The van der Waals surface area contributed by atoms with Crippen LogP contribution < -0.4 is 0 Å². The average molecular weight is 198 g/mol. The Hall–Kier alpha value is -0.0400. The van der Waals surface area contributed by atoms with Gasteiger partial charge in [-0.05, 0) is 29.6 Å². The van der Waals surface area contributed by atoms with Gasteiger partial charge in [0.25, 0.3) is 0 Å². The highest BCUT2D eigenvalue weighted by molar-refractivity contribution is 4.96. The van der Waals surface area contributed by atoms with Gasteiger partial charge in [-0.25, -0.2) is 0 Å². The summed E-state index contributed by atoms with van der Waals surface area (Å²) in [5, 5.41) is 0. The average Bonchev–Trinajstić information content (AvgIpc) is 1.76. The molecule has 0 aromatic heterocycles. The van der Waals surface area contributed by atoms with E-state index in [2.05, 4.69) is 41.5 Å². The molecule has 14 heavy (non-hydrogen) atoms. The van der Waals surface area contributed by atoms with Crippen LogP contribution in [0.4, 0.5) is 0 Å². The Balaban J connectivity index is 2.77. The lowest BCUT2D eigenvalue weighted by atomic mass is 9.59. The second-order valence-electron chi connectivity index (χ2n) is 6.41. The fourth-order valence-corrected chi connectivity index (χ4v) is 2.51. The van der Waals surface area contributed by atoms with Crippen molar-refractivity contribution in [3.63, 3.8) is 0 Å². The number of hydrogen-bond donors (Lipinski definition) is 0. The van der Waals surface area contributed by atoms with Crippen molar-refractivity contribution < 1.29 is 4.74 Å². The monoisotopic (exact) mass is 198 g/mol. The molecule has 84 valence electrons. The first-order valence-electron chi connectivity index (χ1n) is 5.89. The SMILES string of the molecule is CC(C)CC(C)(C1CCO1)C(C)(C)C. The first-order chi connectivity index (χ1) is 6.27. The van der Waals surface area contributed by atoms with Crippen LogP contribution in [0.2, 0.25) is 0 Å². The highest BCUT2D eigenvalue weighted by Crippen LogP contribution is 2.50. The van der Waals surface area contributed by atoms with Crippen molar-refractivity contribution in [1.82, 2.24) is 0 Å². The molecule has 0 bridgehead atoms. The summed E-state index contributed by atoms with van der Waals surface area (Å²) in [7, 11) is 0. The van der Waals surface area contributed by atoms with Crippen LogP contribution >= 0.6 is 0 Å². The van der Waals surface area contributed by atoms with Crippen molar-refractivity contribution in [3.8, 4) is 0 Å². The Labute approximate surface area is 89.2 Å². The second kappa shape index (κ2) is 3.84. The third-order valence-corrected chi connectivity index (χ3v) is 3.96. The molecule has 1 aliphatic rings. The maximum absolute atomic E-state index is 5.72. The van der Waals surface area contributed by atoms with Gasteiger partial charge in [0.1, 0.15) is 0 Å².